The van der Waals surface area contributed by atoms with Gasteiger partial charge in [0.25, 0.3) is 0 Å². The number of thiazole rings is 1. The molecule has 5 rings (SSSR count). The number of thiol groups is 1. The van der Waals surface area contributed by atoms with Crippen molar-refractivity contribution in [2.45, 2.75) is 31.6 Å². The predicted octanol–water partition coefficient (Wildman–Crippen LogP) is 4.57. The standard InChI is InChI=1S/C26H27FN6O2S2/c1-31(26-30-23(16-36-26)19-4-7-21(27)8-5-19)25-22(3-2-12-28)29-24-9-6-20(15-33(24)25)18-10-13-32(14-11-18)17-37(34)35/h4-9,15-16,18,37H,2-3,10-11,13-14,17H2,1H3. The van der Waals surface area contributed by atoms with Crippen molar-refractivity contribution in [3.63, 3.8) is 0 Å². The summed E-state index contributed by atoms with van der Waals surface area (Å²) in [6.07, 6.45) is 4.78. The molecule has 4 heterocycles. The minimum absolute atomic E-state index is 0.119. The highest BCUT2D eigenvalue weighted by Gasteiger charge is 2.24. The number of likely N-dealkylation sites (tertiary alicyclic amines) is 1. The van der Waals surface area contributed by atoms with Crippen molar-refractivity contribution in [1.82, 2.24) is 19.3 Å². The maximum Gasteiger partial charge on any atom is 0.191 e. The lowest BCUT2D eigenvalue weighted by Crippen LogP contribution is -2.34. The number of hydrogen-bond donors (Lipinski definition) is 1. The first-order valence-corrected chi connectivity index (χ1v) is 14.3. The second kappa shape index (κ2) is 11.0. The van der Waals surface area contributed by atoms with Gasteiger partial charge < -0.3 is 4.90 Å². The number of pyridine rings is 1. The molecule has 4 aromatic rings. The molecule has 1 aromatic carbocycles. The van der Waals surface area contributed by atoms with Crippen molar-refractivity contribution in [2.24, 2.45) is 0 Å². The normalized spacial score (nSPS) is 14.9. The smallest absolute Gasteiger partial charge is 0.191 e. The summed E-state index contributed by atoms with van der Waals surface area (Å²) in [5.74, 6) is 1.03. The lowest BCUT2D eigenvalue weighted by molar-refractivity contribution is 0.242. The fraction of sp³-hybridized carbons (Fsp3) is 0.346. The molecule has 0 radical (unpaired) electrons. The Labute approximate surface area is 220 Å². The monoisotopic (exact) mass is 538 g/mol. The first-order valence-electron chi connectivity index (χ1n) is 12.1. The molecule has 0 aliphatic carbocycles. The van der Waals surface area contributed by atoms with Crippen molar-refractivity contribution in [3.8, 4) is 17.3 Å². The molecule has 37 heavy (non-hydrogen) atoms. The van der Waals surface area contributed by atoms with E-state index in [1.807, 2.05) is 28.3 Å². The summed E-state index contributed by atoms with van der Waals surface area (Å²) in [6, 6.07) is 12.6. The summed E-state index contributed by atoms with van der Waals surface area (Å²) in [7, 11) is -0.457. The van der Waals surface area contributed by atoms with E-state index in [-0.39, 0.29) is 11.7 Å². The van der Waals surface area contributed by atoms with Crippen LogP contribution in [0.4, 0.5) is 15.3 Å². The van der Waals surface area contributed by atoms with E-state index in [9.17, 15) is 18.1 Å². The molecule has 0 bridgehead atoms. The Kier molecular flexibility index (Phi) is 7.50. The maximum atomic E-state index is 13.4. The zero-order chi connectivity index (χ0) is 25.9. The summed E-state index contributed by atoms with van der Waals surface area (Å²) in [6.45, 7) is 1.50. The highest BCUT2D eigenvalue weighted by atomic mass is 32.2. The largest absolute Gasteiger partial charge is 0.305 e. The summed E-state index contributed by atoms with van der Waals surface area (Å²) in [5, 5.41) is 11.9. The first-order chi connectivity index (χ1) is 17.9. The van der Waals surface area contributed by atoms with E-state index >= 15 is 0 Å². The SMILES string of the molecule is CN(c1nc(-c2ccc(F)cc2)cs1)c1c(CCC#N)nc2ccc(C3CCN(C[SH](=O)=O)CC3)cn12. The van der Waals surface area contributed by atoms with Crippen molar-refractivity contribution in [1.29, 1.82) is 5.26 Å². The van der Waals surface area contributed by atoms with Crippen LogP contribution in [0.1, 0.15) is 36.4 Å². The molecular formula is C26H27FN6O2S2. The Morgan fingerprint density at radius 3 is 2.62 bits per heavy atom. The van der Waals surface area contributed by atoms with E-state index in [0.29, 0.717) is 18.8 Å². The molecule has 192 valence electrons. The number of rotatable bonds is 8. The lowest BCUT2D eigenvalue weighted by Gasteiger charge is -2.30. The van der Waals surface area contributed by atoms with Crippen molar-refractivity contribution in [2.75, 3.05) is 30.9 Å². The highest BCUT2D eigenvalue weighted by molar-refractivity contribution is 7.72. The molecule has 8 nitrogen and oxygen atoms in total. The number of hydrogen-bond acceptors (Lipinski definition) is 8. The third kappa shape index (κ3) is 5.51. The van der Waals surface area contributed by atoms with E-state index in [1.54, 1.807) is 12.1 Å². The van der Waals surface area contributed by atoms with E-state index < -0.39 is 10.7 Å². The number of piperidine rings is 1. The fourth-order valence-electron chi connectivity index (χ4n) is 4.87. The number of aromatic nitrogens is 3. The van der Waals surface area contributed by atoms with Crippen LogP contribution in [0.25, 0.3) is 16.9 Å². The van der Waals surface area contributed by atoms with Gasteiger partial charge in [-0.3, -0.25) is 9.30 Å². The molecule has 11 heteroatoms. The Balaban J connectivity index is 1.47. The Bertz CT molecular complexity index is 1510. The van der Waals surface area contributed by atoms with Crippen LogP contribution < -0.4 is 4.90 Å². The van der Waals surface area contributed by atoms with Gasteiger partial charge in [-0.05, 0) is 67.7 Å². The quantitative estimate of drug-likeness (QED) is 0.329. The number of halogens is 1. The zero-order valence-corrected chi connectivity index (χ0v) is 22.1. The number of aryl methyl sites for hydroxylation is 1. The summed E-state index contributed by atoms with van der Waals surface area (Å²) >= 11 is 1.49. The summed E-state index contributed by atoms with van der Waals surface area (Å²) in [5.41, 5.74) is 4.42. The van der Waals surface area contributed by atoms with Gasteiger partial charge in [-0.15, -0.1) is 11.3 Å². The molecule has 0 amide bonds. The highest BCUT2D eigenvalue weighted by Crippen LogP contribution is 2.35. The van der Waals surface area contributed by atoms with Gasteiger partial charge in [0.15, 0.2) is 15.8 Å². The van der Waals surface area contributed by atoms with Gasteiger partial charge in [-0.2, -0.15) is 5.26 Å². The van der Waals surface area contributed by atoms with Crippen molar-refractivity contribution in [3.05, 3.63) is 65.0 Å². The van der Waals surface area contributed by atoms with Gasteiger partial charge in [0.2, 0.25) is 0 Å². The second-order valence-corrected chi connectivity index (χ2v) is 11.0. The third-order valence-electron chi connectivity index (χ3n) is 6.77. The minimum atomic E-state index is -2.40. The van der Waals surface area contributed by atoms with E-state index in [0.717, 1.165) is 59.5 Å². The molecule has 0 N–H and O–H groups in total. The molecule has 1 fully saturated rings. The molecule has 1 aliphatic heterocycles. The number of nitrogens with zero attached hydrogens (tertiary/aromatic N) is 6. The predicted molar refractivity (Wildman–Crippen MR) is 143 cm³/mol. The number of benzene rings is 1. The molecule has 1 saturated heterocycles. The van der Waals surface area contributed by atoms with Crippen LogP contribution in [0, 0.1) is 17.1 Å². The van der Waals surface area contributed by atoms with Crippen LogP contribution >= 0.6 is 11.3 Å². The van der Waals surface area contributed by atoms with Crippen molar-refractivity contribution >= 4 is 38.6 Å². The van der Waals surface area contributed by atoms with E-state index in [1.165, 1.54) is 29.0 Å². The van der Waals surface area contributed by atoms with Gasteiger partial charge in [0.1, 0.15) is 17.3 Å². The van der Waals surface area contributed by atoms with Crippen LogP contribution in [0.3, 0.4) is 0 Å². The number of imidazole rings is 1. The molecule has 0 spiro atoms. The topological polar surface area (TPSA) is 94.6 Å². The van der Waals surface area contributed by atoms with Crippen molar-refractivity contribution < 1.29 is 12.8 Å². The molecule has 0 atom stereocenters. The maximum absolute atomic E-state index is 13.4. The number of fused-ring (bicyclic) bond motifs is 1. The molecule has 3 aromatic heterocycles. The third-order valence-corrected chi connectivity index (χ3v) is 8.32. The Hall–Kier alpha value is -3.33. The molecule has 0 saturated carbocycles. The van der Waals surface area contributed by atoms with Crippen LogP contribution in [-0.4, -0.2) is 53.7 Å². The van der Waals surface area contributed by atoms with E-state index in [2.05, 4.69) is 22.7 Å². The van der Waals surface area contributed by atoms with Crippen LogP contribution in [-0.2, 0) is 17.1 Å². The zero-order valence-electron chi connectivity index (χ0n) is 20.4. The minimum Gasteiger partial charge on any atom is -0.305 e. The summed E-state index contributed by atoms with van der Waals surface area (Å²) < 4.78 is 37.6. The van der Waals surface area contributed by atoms with Gasteiger partial charge >= 0.3 is 0 Å². The Morgan fingerprint density at radius 1 is 1.16 bits per heavy atom. The summed E-state index contributed by atoms with van der Waals surface area (Å²) in [4.78, 5) is 13.6. The van der Waals surface area contributed by atoms with Gasteiger partial charge in [0, 0.05) is 37.0 Å². The van der Waals surface area contributed by atoms with Gasteiger partial charge in [-0.25, -0.2) is 22.8 Å². The van der Waals surface area contributed by atoms with Gasteiger partial charge in [-0.1, -0.05) is 6.07 Å². The first kappa shape index (κ1) is 25.3. The second-order valence-electron chi connectivity index (χ2n) is 9.18. The number of nitriles is 1. The van der Waals surface area contributed by atoms with Crippen LogP contribution in [0.2, 0.25) is 0 Å². The lowest BCUT2D eigenvalue weighted by atomic mass is 9.91. The Morgan fingerprint density at radius 2 is 1.92 bits per heavy atom. The molecular weight excluding hydrogens is 511 g/mol. The van der Waals surface area contributed by atoms with Gasteiger partial charge in [0.05, 0.1) is 23.3 Å². The average molecular weight is 539 g/mol. The fourth-order valence-corrected chi connectivity index (χ4v) is 6.28. The number of anilines is 2. The molecule has 0 unspecified atom stereocenters. The van der Waals surface area contributed by atoms with Crippen LogP contribution in [0.5, 0.6) is 0 Å². The molecule has 1 aliphatic rings. The van der Waals surface area contributed by atoms with Crippen LogP contribution in [0.15, 0.2) is 48.0 Å². The van der Waals surface area contributed by atoms with E-state index in [4.69, 9.17) is 9.97 Å². The average Bonchev–Trinajstić information content (AvgIpc) is 3.52.